The number of hydrogen-bond acceptors (Lipinski definition) is 3. The fourth-order valence-corrected chi connectivity index (χ4v) is 2.01. The highest BCUT2D eigenvalue weighted by Gasteiger charge is 2.11. The number of nitrogens with zero attached hydrogens (tertiary/aromatic N) is 1. The number of aromatic nitrogens is 1. The van der Waals surface area contributed by atoms with Gasteiger partial charge in [0.15, 0.2) is 0 Å². The largest absolute Gasteiger partial charge is 0.492 e. The predicted molar refractivity (Wildman–Crippen MR) is 79.4 cm³/mol. The molecule has 1 heterocycles. The Kier molecular flexibility index (Phi) is 4.65. The van der Waals surface area contributed by atoms with Gasteiger partial charge in [-0.3, -0.25) is 4.79 Å². The molecule has 3 N–H and O–H groups in total. The number of amides is 1. The average molecular weight is 294 g/mol. The van der Waals surface area contributed by atoms with Crippen molar-refractivity contribution in [3.8, 4) is 5.75 Å². The van der Waals surface area contributed by atoms with E-state index in [2.05, 4.69) is 5.32 Å². The van der Waals surface area contributed by atoms with E-state index in [9.17, 15) is 4.79 Å². The maximum atomic E-state index is 12.1. The molecule has 2 rings (SSSR count). The van der Waals surface area contributed by atoms with E-state index >= 15 is 0 Å². The van der Waals surface area contributed by atoms with Crippen LogP contribution >= 0.6 is 11.6 Å². The predicted octanol–water partition coefficient (Wildman–Crippen LogP) is 2.27. The second-order valence-corrected chi connectivity index (χ2v) is 4.71. The molecule has 0 aliphatic heterocycles. The van der Waals surface area contributed by atoms with Crippen molar-refractivity contribution in [1.82, 2.24) is 4.57 Å². The normalized spacial score (nSPS) is 10.3. The minimum absolute atomic E-state index is 0.213. The Morgan fingerprint density at radius 3 is 2.65 bits per heavy atom. The second kappa shape index (κ2) is 6.45. The van der Waals surface area contributed by atoms with Gasteiger partial charge < -0.3 is 20.4 Å². The SMILES string of the molecule is Cn1cc(Cl)cc1C(=O)Nc1ccc(OCCN)cc1. The van der Waals surface area contributed by atoms with Crippen molar-refractivity contribution in [2.45, 2.75) is 0 Å². The number of anilines is 1. The number of ether oxygens (including phenoxy) is 1. The topological polar surface area (TPSA) is 69.3 Å². The molecule has 1 amide bonds. The van der Waals surface area contributed by atoms with Crippen LogP contribution in [0.4, 0.5) is 5.69 Å². The molecule has 5 nitrogen and oxygen atoms in total. The van der Waals surface area contributed by atoms with Crippen LogP contribution in [0.1, 0.15) is 10.5 Å². The molecular weight excluding hydrogens is 278 g/mol. The lowest BCUT2D eigenvalue weighted by atomic mass is 10.3. The van der Waals surface area contributed by atoms with Crippen LogP contribution in [-0.4, -0.2) is 23.6 Å². The smallest absolute Gasteiger partial charge is 0.272 e. The van der Waals surface area contributed by atoms with Crippen molar-refractivity contribution in [2.75, 3.05) is 18.5 Å². The van der Waals surface area contributed by atoms with Crippen LogP contribution in [0.15, 0.2) is 36.5 Å². The molecule has 1 aromatic carbocycles. The van der Waals surface area contributed by atoms with Gasteiger partial charge in [0.25, 0.3) is 5.91 Å². The monoisotopic (exact) mass is 293 g/mol. The highest BCUT2D eigenvalue weighted by molar-refractivity contribution is 6.31. The van der Waals surface area contributed by atoms with Gasteiger partial charge in [0.1, 0.15) is 18.1 Å². The quantitative estimate of drug-likeness (QED) is 0.888. The van der Waals surface area contributed by atoms with Gasteiger partial charge in [-0.1, -0.05) is 11.6 Å². The number of rotatable bonds is 5. The van der Waals surface area contributed by atoms with Crippen LogP contribution in [0.2, 0.25) is 5.02 Å². The Morgan fingerprint density at radius 2 is 2.10 bits per heavy atom. The number of carbonyl (C=O) groups excluding carboxylic acids is 1. The van der Waals surface area contributed by atoms with Gasteiger partial charge in [-0.15, -0.1) is 0 Å². The van der Waals surface area contributed by atoms with Gasteiger partial charge in [-0.25, -0.2) is 0 Å². The van der Waals surface area contributed by atoms with Gasteiger partial charge in [0.05, 0.1) is 5.02 Å². The van der Waals surface area contributed by atoms with E-state index in [4.69, 9.17) is 22.1 Å². The molecule has 20 heavy (non-hydrogen) atoms. The molecule has 106 valence electrons. The van der Waals surface area contributed by atoms with Crippen molar-refractivity contribution in [1.29, 1.82) is 0 Å². The maximum absolute atomic E-state index is 12.1. The van der Waals surface area contributed by atoms with Crippen molar-refractivity contribution in [2.24, 2.45) is 12.8 Å². The lowest BCUT2D eigenvalue weighted by Crippen LogP contribution is -2.15. The standard InChI is InChI=1S/C14H16ClN3O2/c1-18-9-10(15)8-13(18)14(19)17-11-2-4-12(5-3-11)20-7-6-16/h2-5,8-9H,6-7,16H2,1H3,(H,17,19). The number of hydrogen-bond donors (Lipinski definition) is 2. The van der Waals surface area contributed by atoms with E-state index in [0.717, 1.165) is 5.75 Å². The van der Waals surface area contributed by atoms with Crippen LogP contribution < -0.4 is 15.8 Å². The Labute approximate surface area is 122 Å². The summed E-state index contributed by atoms with van der Waals surface area (Å²) in [5.41, 5.74) is 6.54. The summed E-state index contributed by atoms with van der Waals surface area (Å²) < 4.78 is 7.04. The molecule has 0 fully saturated rings. The number of nitrogens with one attached hydrogen (secondary N) is 1. The maximum Gasteiger partial charge on any atom is 0.272 e. The lowest BCUT2D eigenvalue weighted by molar-refractivity contribution is 0.101. The minimum Gasteiger partial charge on any atom is -0.492 e. The zero-order chi connectivity index (χ0) is 14.5. The molecule has 6 heteroatoms. The van der Waals surface area contributed by atoms with Crippen LogP contribution in [0.3, 0.4) is 0 Å². The Hall–Kier alpha value is -1.98. The van der Waals surface area contributed by atoms with E-state index in [1.165, 1.54) is 0 Å². The van der Waals surface area contributed by atoms with Crippen molar-refractivity contribution in [3.63, 3.8) is 0 Å². The van der Waals surface area contributed by atoms with E-state index in [0.29, 0.717) is 29.6 Å². The molecule has 0 atom stereocenters. The second-order valence-electron chi connectivity index (χ2n) is 4.27. The molecule has 0 spiro atoms. The number of carbonyl (C=O) groups is 1. The summed E-state index contributed by atoms with van der Waals surface area (Å²) in [5, 5.41) is 3.33. The summed E-state index contributed by atoms with van der Waals surface area (Å²) in [6.45, 7) is 0.931. The first-order chi connectivity index (χ1) is 9.60. The average Bonchev–Trinajstić information content (AvgIpc) is 2.77. The summed E-state index contributed by atoms with van der Waals surface area (Å²) >= 11 is 5.85. The summed E-state index contributed by atoms with van der Waals surface area (Å²) in [5.74, 6) is 0.505. The fourth-order valence-electron chi connectivity index (χ4n) is 1.76. The number of halogens is 1. The molecule has 0 aliphatic carbocycles. The molecule has 2 aromatic rings. The van der Waals surface area contributed by atoms with E-state index in [1.807, 2.05) is 0 Å². The molecule has 0 saturated carbocycles. The summed E-state index contributed by atoms with van der Waals surface area (Å²) in [6.07, 6.45) is 1.68. The van der Waals surface area contributed by atoms with Crippen LogP contribution in [0.25, 0.3) is 0 Å². The summed E-state index contributed by atoms with van der Waals surface area (Å²) in [7, 11) is 1.77. The first-order valence-electron chi connectivity index (χ1n) is 6.16. The minimum atomic E-state index is -0.213. The Balaban J connectivity index is 2.02. The number of aryl methyl sites for hydroxylation is 1. The van der Waals surface area contributed by atoms with E-state index < -0.39 is 0 Å². The van der Waals surface area contributed by atoms with Crippen LogP contribution in [0, 0.1) is 0 Å². The first-order valence-corrected chi connectivity index (χ1v) is 6.54. The molecule has 0 bridgehead atoms. The van der Waals surface area contributed by atoms with Gasteiger partial charge in [-0.2, -0.15) is 0 Å². The van der Waals surface area contributed by atoms with Gasteiger partial charge in [-0.05, 0) is 30.3 Å². The zero-order valence-corrected chi connectivity index (χ0v) is 11.9. The zero-order valence-electron chi connectivity index (χ0n) is 11.1. The van der Waals surface area contributed by atoms with Crippen LogP contribution in [0.5, 0.6) is 5.75 Å². The third-order valence-corrected chi connectivity index (χ3v) is 2.91. The highest BCUT2D eigenvalue weighted by atomic mass is 35.5. The van der Waals surface area contributed by atoms with Crippen molar-refractivity contribution < 1.29 is 9.53 Å². The van der Waals surface area contributed by atoms with Crippen molar-refractivity contribution in [3.05, 3.63) is 47.2 Å². The molecule has 0 saturated heterocycles. The summed E-state index contributed by atoms with van der Waals surface area (Å²) in [4.78, 5) is 12.1. The number of nitrogens with two attached hydrogens (primary N) is 1. The van der Waals surface area contributed by atoms with Gasteiger partial charge >= 0.3 is 0 Å². The van der Waals surface area contributed by atoms with Crippen molar-refractivity contribution >= 4 is 23.2 Å². The molecular formula is C14H16ClN3O2. The first kappa shape index (κ1) is 14.4. The Bertz CT molecular complexity index is 593. The highest BCUT2D eigenvalue weighted by Crippen LogP contribution is 2.18. The van der Waals surface area contributed by atoms with E-state index in [-0.39, 0.29) is 5.91 Å². The third kappa shape index (κ3) is 3.53. The van der Waals surface area contributed by atoms with Gasteiger partial charge in [0.2, 0.25) is 0 Å². The third-order valence-electron chi connectivity index (χ3n) is 2.70. The number of benzene rings is 1. The molecule has 0 radical (unpaired) electrons. The van der Waals surface area contributed by atoms with Crippen LogP contribution in [-0.2, 0) is 7.05 Å². The fraction of sp³-hybridized carbons (Fsp3) is 0.214. The molecule has 0 aliphatic rings. The van der Waals surface area contributed by atoms with E-state index in [1.54, 1.807) is 48.1 Å². The lowest BCUT2D eigenvalue weighted by Gasteiger charge is -2.08. The Morgan fingerprint density at radius 1 is 1.40 bits per heavy atom. The van der Waals surface area contributed by atoms with Gasteiger partial charge in [0, 0.05) is 25.5 Å². The summed E-state index contributed by atoms with van der Waals surface area (Å²) in [6, 6.07) is 8.73. The molecule has 0 unspecified atom stereocenters. The molecule has 1 aromatic heterocycles.